The maximum Gasteiger partial charge on any atom is 0.304 e. The van der Waals surface area contributed by atoms with E-state index in [1.54, 1.807) is 6.92 Å². The van der Waals surface area contributed by atoms with Crippen LogP contribution in [0.25, 0.3) is 0 Å². The van der Waals surface area contributed by atoms with Gasteiger partial charge >= 0.3 is 5.69 Å². The fourth-order valence-corrected chi connectivity index (χ4v) is 2.51. The molecule has 0 aromatic heterocycles. The molecule has 10 heteroatoms. The summed E-state index contributed by atoms with van der Waals surface area (Å²) in [4.78, 5) is 9.13. The van der Waals surface area contributed by atoms with Gasteiger partial charge in [-0.15, -0.1) is 0 Å². The Morgan fingerprint density at radius 1 is 1.43 bits per heavy atom. The van der Waals surface area contributed by atoms with Crippen molar-refractivity contribution in [3.8, 4) is 0 Å². The summed E-state index contributed by atoms with van der Waals surface area (Å²) in [6.07, 6.45) is -0.551. The number of sulfonamides is 1. The summed E-state index contributed by atoms with van der Waals surface area (Å²) in [6, 6.07) is 2.37. The number of nitrogens with zero attached hydrogens (tertiary/aromatic N) is 1. The molecule has 0 heterocycles. The molecule has 0 bridgehead atoms. The minimum Gasteiger partial charge on any atom is -0.392 e. The third kappa shape index (κ3) is 5.34. The van der Waals surface area contributed by atoms with Crippen molar-refractivity contribution in [2.45, 2.75) is 17.9 Å². The van der Waals surface area contributed by atoms with Crippen molar-refractivity contribution in [3.63, 3.8) is 0 Å². The third-order valence-corrected chi connectivity index (χ3v) is 3.92. The average Bonchev–Trinajstić information content (AvgIpc) is 2.37. The second-order valence-electron chi connectivity index (χ2n) is 4.32. The van der Waals surface area contributed by atoms with Crippen molar-refractivity contribution in [2.24, 2.45) is 0 Å². The van der Waals surface area contributed by atoms with Gasteiger partial charge in [-0.25, -0.2) is 13.1 Å². The smallest absolute Gasteiger partial charge is 0.304 e. The first kappa shape index (κ1) is 17.4. The Morgan fingerprint density at radius 2 is 2.10 bits per heavy atom. The van der Waals surface area contributed by atoms with Gasteiger partial charge in [0.25, 0.3) is 0 Å². The van der Waals surface area contributed by atoms with Gasteiger partial charge in [0.15, 0.2) is 0 Å². The lowest BCUT2D eigenvalue weighted by molar-refractivity contribution is -0.387. The standard InChI is InChI=1S/C11H16FN3O5S/c1-8(16)7-13-4-5-14-21(19,20)9-2-3-11(15(17)18)10(12)6-9/h2-3,6,8,13-14,16H,4-5,7H2,1H3. The molecule has 0 spiro atoms. The van der Waals surface area contributed by atoms with E-state index in [2.05, 4.69) is 10.0 Å². The lowest BCUT2D eigenvalue weighted by Crippen LogP contribution is -2.34. The average molecular weight is 321 g/mol. The van der Waals surface area contributed by atoms with Gasteiger partial charge in [-0.3, -0.25) is 10.1 Å². The minimum atomic E-state index is -3.94. The summed E-state index contributed by atoms with van der Waals surface area (Å²) in [7, 11) is -3.94. The highest BCUT2D eigenvalue weighted by Crippen LogP contribution is 2.20. The van der Waals surface area contributed by atoms with Crippen molar-refractivity contribution in [1.82, 2.24) is 10.0 Å². The van der Waals surface area contributed by atoms with Crippen molar-refractivity contribution in [3.05, 3.63) is 34.1 Å². The molecular formula is C11H16FN3O5S. The van der Waals surface area contributed by atoms with Gasteiger partial charge in [-0.05, 0) is 13.0 Å². The van der Waals surface area contributed by atoms with Crippen LogP contribution in [0.1, 0.15) is 6.92 Å². The number of hydrogen-bond donors (Lipinski definition) is 3. The largest absolute Gasteiger partial charge is 0.392 e. The first-order chi connectivity index (χ1) is 9.74. The molecular weight excluding hydrogens is 305 g/mol. The highest BCUT2D eigenvalue weighted by molar-refractivity contribution is 7.89. The number of benzene rings is 1. The number of aliphatic hydroxyl groups is 1. The van der Waals surface area contributed by atoms with E-state index in [-0.39, 0.29) is 18.0 Å². The summed E-state index contributed by atoms with van der Waals surface area (Å²) < 4.78 is 39.3. The van der Waals surface area contributed by atoms with Crippen LogP contribution in [0.4, 0.5) is 10.1 Å². The number of aliphatic hydroxyl groups excluding tert-OH is 1. The van der Waals surface area contributed by atoms with Crippen LogP contribution in [0.2, 0.25) is 0 Å². The van der Waals surface area contributed by atoms with E-state index < -0.39 is 32.6 Å². The molecule has 0 radical (unpaired) electrons. The zero-order valence-electron chi connectivity index (χ0n) is 11.2. The number of halogens is 1. The summed E-state index contributed by atoms with van der Waals surface area (Å²) in [5, 5.41) is 22.3. The Balaban J connectivity index is 2.66. The first-order valence-electron chi connectivity index (χ1n) is 6.06. The number of nitrogens with one attached hydrogen (secondary N) is 2. The Kier molecular flexibility index (Phi) is 6.15. The van der Waals surface area contributed by atoms with Gasteiger partial charge in [-0.2, -0.15) is 4.39 Å². The van der Waals surface area contributed by atoms with Crippen molar-refractivity contribution in [2.75, 3.05) is 19.6 Å². The molecule has 1 rings (SSSR count). The second-order valence-corrected chi connectivity index (χ2v) is 6.09. The summed E-state index contributed by atoms with van der Waals surface area (Å²) in [5.41, 5.74) is -0.785. The monoisotopic (exact) mass is 321 g/mol. The van der Waals surface area contributed by atoms with Crippen molar-refractivity contribution >= 4 is 15.7 Å². The zero-order chi connectivity index (χ0) is 16.0. The van der Waals surface area contributed by atoms with Gasteiger partial charge in [0, 0.05) is 31.8 Å². The normalized spacial score (nSPS) is 13.1. The molecule has 0 aliphatic heterocycles. The molecule has 0 saturated heterocycles. The molecule has 1 aromatic carbocycles. The molecule has 118 valence electrons. The first-order valence-corrected chi connectivity index (χ1v) is 7.54. The van der Waals surface area contributed by atoms with E-state index in [1.807, 2.05) is 0 Å². The maximum absolute atomic E-state index is 13.4. The van der Waals surface area contributed by atoms with Gasteiger partial charge < -0.3 is 10.4 Å². The predicted molar refractivity (Wildman–Crippen MR) is 72.8 cm³/mol. The molecule has 0 fully saturated rings. The van der Waals surface area contributed by atoms with Crippen molar-refractivity contribution in [1.29, 1.82) is 0 Å². The van der Waals surface area contributed by atoms with E-state index in [4.69, 9.17) is 5.11 Å². The Bertz CT molecular complexity index is 606. The van der Waals surface area contributed by atoms with Crippen LogP contribution < -0.4 is 10.0 Å². The van der Waals surface area contributed by atoms with Gasteiger partial charge in [0.1, 0.15) is 0 Å². The van der Waals surface area contributed by atoms with E-state index in [9.17, 15) is 22.9 Å². The molecule has 0 saturated carbocycles. The number of rotatable bonds is 8. The highest BCUT2D eigenvalue weighted by Gasteiger charge is 2.20. The molecule has 0 aliphatic carbocycles. The number of nitro groups is 1. The number of hydrogen-bond acceptors (Lipinski definition) is 6. The van der Waals surface area contributed by atoms with Crippen LogP contribution in [0.5, 0.6) is 0 Å². The Morgan fingerprint density at radius 3 is 2.62 bits per heavy atom. The minimum absolute atomic E-state index is 0.0354. The van der Waals surface area contributed by atoms with E-state index in [0.717, 1.165) is 12.1 Å². The van der Waals surface area contributed by atoms with Crippen LogP contribution in [0.3, 0.4) is 0 Å². The van der Waals surface area contributed by atoms with Gasteiger partial charge in [-0.1, -0.05) is 0 Å². The van der Waals surface area contributed by atoms with Gasteiger partial charge in [0.05, 0.1) is 15.9 Å². The molecule has 8 nitrogen and oxygen atoms in total. The fraction of sp³-hybridized carbons (Fsp3) is 0.455. The van der Waals surface area contributed by atoms with E-state index in [1.165, 1.54) is 0 Å². The maximum atomic E-state index is 13.4. The lowest BCUT2D eigenvalue weighted by atomic mass is 10.3. The quantitative estimate of drug-likeness (QED) is 0.351. The molecule has 21 heavy (non-hydrogen) atoms. The number of nitro benzene ring substituents is 1. The SMILES string of the molecule is CC(O)CNCCNS(=O)(=O)c1ccc([N+](=O)[O-])c(F)c1. The van der Waals surface area contributed by atoms with E-state index in [0.29, 0.717) is 12.6 Å². The van der Waals surface area contributed by atoms with Crippen LogP contribution >= 0.6 is 0 Å². The fourth-order valence-electron chi connectivity index (χ4n) is 1.47. The Labute approximate surface area is 121 Å². The summed E-state index contributed by atoms with van der Waals surface area (Å²) in [5.74, 6) is -1.21. The molecule has 0 aliphatic rings. The van der Waals surface area contributed by atoms with E-state index >= 15 is 0 Å². The highest BCUT2D eigenvalue weighted by atomic mass is 32.2. The zero-order valence-corrected chi connectivity index (χ0v) is 12.1. The topological polar surface area (TPSA) is 122 Å². The summed E-state index contributed by atoms with van der Waals surface area (Å²) in [6.45, 7) is 2.21. The lowest BCUT2D eigenvalue weighted by Gasteiger charge is -2.09. The summed E-state index contributed by atoms with van der Waals surface area (Å²) >= 11 is 0. The van der Waals surface area contributed by atoms with Crippen LogP contribution in [-0.2, 0) is 10.0 Å². The predicted octanol–water partition coefficient (Wildman–Crippen LogP) is -0.0174. The van der Waals surface area contributed by atoms with Gasteiger partial charge in [0.2, 0.25) is 15.8 Å². The van der Waals surface area contributed by atoms with Crippen LogP contribution in [0, 0.1) is 15.9 Å². The molecule has 1 unspecified atom stereocenters. The Hall–Kier alpha value is -1.62. The van der Waals surface area contributed by atoms with Crippen LogP contribution in [0.15, 0.2) is 23.1 Å². The third-order valence-electron chi connectivity index (χ3n) is 2.46. The molecule has 1 aromatic rings. The molecule has 0 amide bonds. The second kappa shape index (κ2) is 7.41. The van der Waals surface area contributed by atoms with Crippen LogP contribution in [-0.4, -0.2) is 44.2 Å². The molecule has 1 atom stereocenters. The van der Waals surface area contributed by atoms with Crippen molar-refractivity contribution < 1.29 is 22.8 Å². The molecule has 3 N–H and O–H groups in total.